The second kappa shape index (κ2) is 16.6. The Morgan fingerprint density at radius 3 is 2.22 bits per heavy atom. The molecule has 0 aliphatic carbocycles. The van der Waals surface area contributed by atoms with Crippen LogP contribution in [0.1, 0.15) is 43.6 Å². The number of rotatable bonds is 13. The number of benzene rings is 2. The summed E-state index contributed by atoms with van der Waals surface area (Å²) in [7, 11) is 0. The number of nitrogens with one attached hydrogen (secondary N) is 2. The summed E-state index contributed by atoms with van der Waals surface area (Å²) in [5, 5.41) is 16.4. The zero-order valence-corrected chi connectivity index (χ0v) is 32.6. The second-order valence-electron chi connectivity index (χ2n) is 12.3. The second-order valence-corrected chi connectivity index (χ2v) is 14.0. The Hall–Kier alpha value is -4.98. The first-order chi connectivity index (χ1) is 25.1. The van der Waals surface area contributed by atoms with Crippen LogP contribution >= 0.6 is 11.8 Å². The van der Waals surface area contributed by atoms with Crippen molar-refractivity contribution in [3.63, 3.8) is 0 Å². The third-order valence-electron chi connectivity index (χ3n) is 8.90. The van der Waals surface area contributed by atoms with Crippen molar-refractivity contribution in [2.24, 2.45) is 0 Å². The minimum Gasteiger partial charge on any atom is -0.548 e. The van der Waals surface area contributed by atoms with Gasteiger partial charge in [0, 0.05) is 39.0 Å². The van der Waals surface area contributed by atoms with Gasteiger partial charge in [-0.3, -0.25) is 38.5 Å². The molecule has 3 aliphatic heterocycles. The molecule has 280 valence electrons. The zero-order chi connectivity index (χ0) is 38.8. The maximum Gasteiger partial charge on any atom is 1.00 e. The van der Waals surface area contributed by atoms with Crippen LogP contribution in [0.2, 0.25) is 0 Å². The third kappa shape index (κ3) is 7.66. The van der Waals surface area contributed by atoms with Crippen LogP contribution < -0.4 is 54.8 Å². The van der Waals surface area contributed by atoms with E-state index in [4.69, 9.17) is 14.2 Å². The first-order valence-corrected chi connectivity index (χ1v) is 17.0. The summed E-state index contributed by atoms with van der Waals surface area (Å²) < 4.78 is 14.0. The quantitative estimate of drug-likeness (QED) is 0.0486. The Bertz CT molecular complexity index is 1900. The predicted molar refractivity (Wildman–Crippen MR) is 178 cm³/mol. The van der Waals surface area contributed by atoms with Crippen molar-refractivity contribution >= 4 is 65.7 Å². The molecule has 0 aromatic heterocycles. The standard InChI is InChI=1S/C34H35N5O13S.Na/c1-5-37-13-14-38(28(45)27(37)44)34(35-17-40,21-9-7-6-8-10-21)32(49)36-24-26(43)39-25(30(46)47)33(4,53-29(24)39)16-50-31(48)20-11-12-22(51-18(2)41)23(15-20)52-19(3)42;/h6-12,15,17,24-25,29H,5,13-14,16H2,1-4H3,(H,35,40)(H,36,49)(H,46,47);/q;+1/p-1/t24-,25?,29+,33+,34-;/m1./s1. The number of carboxylic acids is 1. The number of esters is 3. The van der Waals surface area contributed by atoms with E-state index in [1.165, 1.54) is 36.1 Å². The molecule has 1 unspecified atom stereocenters. The molecule has 20 heteroatoms. The van der Waals surface area contributed by atoms with Crippen molar-refractivity contribution in [2.45, 2.75) is 55.6 Å². The number of hydrogen-bond acceptors (Lipinski definition) is 14. The van der Waals surface area contributed by atoms with E-state index < -0.39 is 82.0 Å². The Labute approximate surface area is 334 Å². The molecule has 2 aromatic rings. The van der Waals surface area contributed by atoms with E-state index in [0.29, 0.717) is 0 Å². The molecule has 18 nitrogen and oxygen atoms in total. The summed E-state index contributed by atoms with van der Waals surface area (Å²) in [5.41, 5.74) is -2.34. The van der Waals surface area contributed by atoms with Crippen LogP contribution in [0.3, 0.4) is 0 Å². The molecule has 5 rings (SSSR count). The molecule has 2 aromatic carbocycles. The normalized spacial score (nSPS) is 22.8. The molecule has 2 N–H and O–H groups in total. The number of carbonyl (C=O) groups is 9. The van der Waals surface area contributed by atoms with E-state index in [-0.39, 0.29) is 78.2 Å². The molecule has 5 amide bonds. The smallest absolute Gasteiger partial charge is 0.548 e. The molecule has 0 radical (unpaired) electrons. The van der Waals surface area contributed by atoms with Crippen molar-refractivity contribution in [3.8, 4) is 11.5 Å². The Balaban J connectivity index is 0.00000650. The van der Waals surface area contributed by atoms with E-state index >= 15 is 0 Å². The van der Waals surface area contributed by atoms with Crippen LogP contribution in [0.4, 0.5) is 0 Å². The minimum atomic E-state index is -2.29. The number of β-lactam (4-membered cyclic amide) rings is 1. The van der Waals surface area contributed by atoms with Gasteiger partial charge >= 0.3 is 59.3 Å². The average molecular weight is 776 g/mol. The van der Waals surface area contributed by atoms with Gasteiger partial charge in [0.15, 0.2) is 11.5 Å². The Morgan fingerprint density at radius 1 is 0.981 bits per heavy atom. The van der Waals surface area contributed by atoms with Crippen molar-refractivity contribution in [1.29, 1.82) is 0 Å². The Morgan fingerprint density at radius 2 is 1.63 bits per heavy atom. The van der Waals surface area contributed by atoms with Gasteiger partial charge in [-0.2, -0.15) is 0 Å². The first-order valence-electron chi connectivity index (χ1n) is 16.2. The van der Waals surface area contributed by atoms with Crippen LogP contribution in [-0.4, -0.2) is 117 Å². The van der Waals surface area contributed by atoms with Crippen molar-refractivity contribution in [3.05, 3.63) is 59.7 Å². The molecule has 3 heterocycles. The van der Waals surface area contributed by atoms with Crippen molar-refractivity contribution < 1.29 is 92.0 Å². The number of ether oxygens (including phenoxy) is 3. The summed E-state index contributed by atoms with van der Waals surface area (Å²) in [4.78, 5) is 118. The number of likely N-dealkylation sites (N-methyl/N-ethyl adjacent to an activating group) is 1. The van der Waals surface area contributed by atoms with Crippen molar-refractivity contribution in [2.75, 3.05) is 26.2 Å². The summed E-state index contributed by atoms with van der Waals surface area (Å²) in [6, 6.07) is 8.13. The fraction of sp³-hybridized carbons (Fsp3) is 0.382. The van der Waals surface area contributed by atoms with Crippen LogP contribution in [0.5, 0.6) is 11.5 Å². The van der Waals surface area contributed by atoms with E-state index in [1.807, 2.05) is 0 Å². The van der Waals surface area contributed by atoms with E-state index in [2.05, 4.69) is 10.6 Å². The van der Waals surface area contributed by atoms with Crippen LogP contribution in [0, 0.1) is 0 Å². The molecule has 0 bridgehead atoms. The molecular formula is C34H34N5NaO13S. The maximum atomic E-state index is 14.3. The third-order valence-corrected chi connectivity index (χ3v) is 10.5. The molecule has 3 aliphatic rings. The van der Waals surface area contributed by atoms with E-state index in [9.17, 15) is 48.3 Å². The number of fused-ring (bicyclic) bond motifs is 1. The number of aliphatic carboxylic acids is 1. The minimum absolute atomic E-state index is 0. The summed E-state index contributed by atoms with van der Waals surface area (Å²) in [6.07, 6.45) is 0.187. The monoisotopic (exact) mass is 775 g/mol. The largest absolute Gasteiger partial charge is 1.00 e. The van der Waals surface area contributed by atoms with Gasteiger partial charge in [-0.15, -0.1) is 11.8 Å². The average Bonchev–Trinajstić information content (AvgIpc) is 3.40. The van der Waals surface area contributed by atoms with Crippen LogP contribution in [-0.2, 0) is 48.8 Å². The molecule has 54 heavy (non-hydrogen) atoms. The molecule has 0 spiro atoms. The summed E-state index contributed by atoms with van der Waals surface area (Å²) >= 11 is 0.905. The molecule has 5 atom stereocenters. The van der Waals surface area contributed by atoms with Crippen LogP contribution in [0.15, 0.2) is 48.5 Å². The Kier molecular flexibility index (Phi) is 12.8. The van der Waals surface area contributed by atoms with Gasteiger partial charge in [-0.1, -0.05) is 30.3 Å². The fourth-order valence-electron chi connectivity index (χ4n) is 6.47. The number of nitrogens with zero attached hydrogens (tertiary/aromatic N) is 3. The summed E-state index contributed by atoms with van der Waals surface area (Å²) in [5.74, 6) is -8.39. The number of amides is 5. The first kappa shape index (κ1) is 41.8. The van der Waals surface area contributed by atoms with Gasteiger partial charge in [-0.25, -0.2) is 4.79 Å². The topological polar surface area (TPSA) is 238 Å². The van der Waals surface area contributed by atoms with Gasteiger partial charge in [0.05, 0.1) is 22.3 Å². The van der Waals surface area contributed by atoms with Gasteiger partial charge in [0.1, 0.15) is 18.0 Å². The predicted octanol–water partition coefficient (Wildman–Crippen LogP) is -4.74. The number of thioether (sulfide) groups is 1. The molecule has 3 fully saturated rings. The van der Waals surface area contributed by atoms with Gasteiger partial charge in [0.25, 0.3) is 5.91 Å². The van der Waals surface area contributed by atoms with E-state index in [1.54, 1.807) is 25.1 Å². The molecule has 0 saturated carbocycles. The number of hydrogen-bond donors (Lipinski definition) is 2. The molecule has 3 saturated heterocycles. The SMILES string of the molecule is CCN1CCN([C@@](NC=O)(C(=O)N[C@@H]2C(=O)N3C(C(=O)[O-])[C@](C)(COC(=O)c4ccc(OC(C)=O)c(OC(C)=O)c4)S[C@@H]23)c2ccccc2)C(=O)C1=O.[Na+]. The van der Waals surface area contributed by atoms with Gasteiger partial charge in [0.2, 0.25) is 18.0 Å². The fourth-order valence-corrected chi connectivity index (χ4v) is 8.15. The maximum absolute atomic E-state index is 14.3. The number of carboxylic acid groups (broad SMARTS) is 1. The molecular weight excluding hydrogens is 741 g/mol. The number of carbonyl (C=O) groups excluding carboxylic acids is 9. The van der Waals surface area contributed by atoms with E-state index in [0.717, 1.165) is 41.5 Å². The van der Waals surface area contributed by atoms with Gasteiger partial charge < -0.3 is 44.5 Å². The van der Waals surface area contributed by atoms with Crippen molar-refractivity contribution in [1.82, 2.24) is 25.3 Å². The van der Waals surface area contributed by atoms with Crippen LogP contribution in [0.25, 0.3) is 0 Å². The summed E-state index contributed by atoms with van der Waals surface area (Å²) in [6.45, 7) is 4.84. The number of piperazine rings is 1. The zero-order valence-electron chi connectivity index (χ0n) is 29.8. The van der Waals surface area contributed by atoms with Gasteiger partial charge in [-0.05, 0) is 32.0 Å².